The summed E-state index contributed by atoms with van der Waals surface area (Å²) in [7, 11) is 0. The molecule has 9 nitrogen and oxygen atoms in total. The van der Waals surface area contributed by atoms with Crippen molar-refractivity contribution < 1.29 is 4.79 Å². The molecule has 2 aliphatic rings. The number of likely N-dealkylation sites (tertiary alicyclic amines) is 1. The van der Waals surface area contributed by atoms with Gasteiger partial charge in [0.15, 0.2) is 0 Å². The highest BCUT2D eigenvalue weighted by Gasteiger charge is 2.27. The van der Waals surface area contributed by atoms with E-state index in [-0.39, 0.29) is 23.9 Å². The second-order valence-electron chi connectivity index (χ2n) is 8.85. The first-order valence-corrected chi connectivity index (χ1v) is 12.1. The fourth-order valence-electron chi connectivity index (χ4n) is 4.79. The van der Waals surface area contributed by atoms with E-state index in [1.165, 1.54) is 21.8 Å². The second-order valence-corrected chi connectivity index (χ2v) is 9.60. The van der Waals surface area contributed by atoms with Gasteiger partial charge in [0.05, 0.1) is 5.69 Å². The minimum atomic E-state index is -0.447. The lowest BCUT2D eigenvalue weighted by atomic mass is 9.97. The Balaban J connectivity index is 1.29. The van der Waals surface area contributed by atoms with Crippen LogP contribution in [0.1, 0.15) is 45.8 Å². The monoisotopic (exact) mass is 466 g/mol. The molecule has 0 spiro atoms. The molecule has 0 radical (unpaired) electrons. The number of aromatic nitrogens is 4. The topological polar surface area (TPSA) is 113 Å². The molecule has 1 saturated heterocycles. The molecule has 1 aliphatic heterocycles. The number of nitrogens with zero attached hydrogens (tertiary/aromatic N) is 4. The third kappa shape index (κ3) is 4.47. The predicted molar refractivity (Wildman–Crippen MR) is 126 cm³/mol. The number of piperidine rings is 1. The van der Waals surface area contributed by atoms with Crippen molar-refractivity contribution in [1.82, 2.24) is 24.0 Å². The second kappa shape index (κ2) is 8.93. The molecule has 2 N–H and O–H groups in total. The molecular formula is C23H26N6O3S. The summed E-state index contributed by atoms with van der Waals surface area (Å²) >= 11 is 1.10. The van der Waals surface area contributed by atoms with E-state index in [1.54, 1.807) is 11.8 Å². The molecule has 1 amide bonds. The molecule has 3 aromatic rings. The molecule has 33 heavy (non-hydrogen) atoms. The summed E-state index contributed by atoms with van der Waals surface area (Å²) in [4.78, 5) is 43.4. The highest BCUT2D eigenvalue weighted by Crippen LogP contribution is 2.26. The van der Waals surface area contributed by atoms with Gasteiger partial charge in [0.2, 0.25) is 0 Å². The Hall–Kier alpha value is -3.27. The number of fused-ring (bicyclic) bond motifs is 1. The van der Waals surface area contributed by atoms with Crippen molar-refractivity contribution in [3.05, 3.63) is 66.8 Å². The Morgan fingerprint density at radius 2 is 2.06 bits per heavy atom. The molecule has 1 atom stereocenters. The summed E-state index contributed by atoms with van der Waals surface area (Å²) in [6.07, 6.45) is 5.00. The van der Waals surface area contributed by atoms with Crippen LogP contribution in [-0.2, 0) is 19.4 Å². The largest absolute Gasteiger partial charge is 0.342 e. The van der Waals surface area contributed by atoms with Crippen molar-refractivity contribution in [3.8, 4) is 0 Å². The Morgan fingerprint density at radius 1 is 1.21 bits per heavy atom. The minimum Gasteiger partial charge on any atom is -0.342 e. The van der Waals surface area contributed by atoms with Crippen molar-refractivity contribution in [3.63, 3.8) is 0 Å². The van der Waals surface area contributed by atoms with Crippen molar-refractivity contribution in [1.29, 1.82) is 0 Å². The molecule has 172 valence electrons. The Kier molecular flexibility index (Phi) is 5.84. The van der Waals surface area contributed by atoms with Crippen LogP contribution in [0.25, 0.3) is 0 Å². The average Bonchev–Trinajstić information content (AvgIpc) is 3.44. The zero-order valence-electron chi connectivity index (χ0n) is 18.5. The first-order valence-electron chi connectivity index (χ1n) is 11.3. The van der Waals surface area contributed by atoms with Crippen LogP contribution >= 0.6 is 11.5 Å². The number of aromatic amines is 1. The van der Waals surface area contributed by atoms with E-state index in [1.807, 2.05) is 6.07 Å². The van der Waals surface area contributed by atoms with Crippen molar-refractivity contribution >= 4 is 28.9 Å². The van der Waals surface area contributed by atoms with Gasteiger partial charge >= 0.3 is 5.69 Å². The van der Waals surface area contributed by atoms with Crippen LogP contribution < -0.4 is 16.6 Å². The number of hydrogen-bond acceptors (Lipinski definition) is 7. The van der Waals surface area contributed by atoms with Crippen LogP contribution in [0.3, 0.4) is 0 Å². The number of anilines is 2. The third-order valence-electron chi connectivity index (χ3n) is 6.49. The van der Waals surface area contributed by atoms with Crippen molar-refractivity contribution in [2.24, 2.45) is 5.92 Å². The fourth-order valence-corrected chi connectivity index (χ4v) is 5.42. The van der Waals surface area contributed by atoms with E-state index in [0.29, 0.717) is 29.5 Å². The molecule has 1 aliphatic carbocycles. The van der Waals surface area contributed by atoms with Crippen molar-refractivity contribution in [2.75, 3.05) is 18.4 Å². The first kappa shape index (κ1) is 21.6. The fraction of sp³-hybridized carbons (Fsp3) is 0.435. The smallest absolute Gasteiger partial charge is 0.329 e. The number of hydrogen-bond donors (Lipinski definition) is 2. The Bertz CT molecular complexity index is 1280. The standard InChI is InChI=1S/C23H26N6O3S/c1-14-21(33-27-26-14)22(31)28-9-3-4-15(12-28)13-29-20(30)11-19(25-23(29)32)24-18-8-7-16-5-2-6-17(16)10-18/h7-8,10-11,15,24H,2-6,9,12-13H2,1H3,(H,25,32). The molecule has 3 heterocycles. The van der Waals surface area contributed by atoms with Gasteiger partial charge in [-0.25, -0.2) is 4.79 Å². The van der Waals surface area contributed by atoms with Crippen LogP contribution in [0.4, 0.5) is 11.5 Å². The molecule has 0 bridgehead atoms. The van der Waals surface area contributed by atoms with E-state index < -0.39 is 5.69 Å². The van der Waals surface area contributed by atoms with Gasteiger partial charge < -0.3 is 10.2 Å². The zero-order valence-corrected chi connectivity index (χ0v) is 19.3. The number of rotatable bonds is 5. The lowest BCUT2D eigenvalue weighted by Crippen LogP contribution is -2.44. The summed E-state index contributed by atoms with van der Waals surface area (Å²) in [5.41, 5.74) is 3.37. The summed E-state index contributed by atoms with van der Waals surface area (Å²) in [5, 5.41) is 7.08. The number of H-pyrrole nitrogens is 1. The number of amides is 1. The van der Waals surface area contributed by atoms with Crippen LogP contribution in [0.2, 0.25) is 0 Å². The van der Waals surface area contributed by atoms with Gasteiger partial charge in [0.25, 0.3) is 11.5 Å². The van der Waals surface area contributed by atoms with Gasteiger partial charge in [-0.1, -0.05) is 10.6 Å². The SMILES string of the molecule is Cc1nnsc1C(=O)N1CCCC(Cn2c(=O)cc(Nc3ccc4c(c3)CCC4)[nH]c2=O)C1. The lowest BCUT2D eigenvalue weighted by Gasteiger charge is -2.32. The van der Waals surface area contributed by atoms with Crippen molar-refractivity contribution in [2.45, 2.75) is 45.6 Å². The van der Waals surface area contributed by atoms with Gasteiger partial charge in [-0.3, -0.25) is 19.1 Å². The molecule has 1 fully saturated rings. The summed E-state index contributed by atoms with van der Waals surface area (Å²) in [6.45, 7) is 3.20. The van der Waals surface area contributed by atoms with Crippen LogP contribution in [0.5, 0.6) is 0 Å². The Labute approximate surface area is 194 Å². The third-order valence-corrected chi connectivity index (χ3v) is 7.31. The molecule has 0 saturated carbocycles. The minimum absolute atomic E-state index is 0.0261. The van der Waals surface area contributed by atoms with Gasteiger partial charge in [0, 0.05) is 31.4 Å². The maximum absolute atomic E-state index is 12.8. The number of aryl methyl sites for hydroxylation is 3. The normalized spacial score (nSPS) is 17.7. The number of nitrogens with one attached hydrogen (secondary N) is 2. The van der Waals surface area contributed by atoms with Crippen LogP contribution in [0.15, 0.2) is 33.9 Å². The molecular weight excluding hydrogens is 440 g/mol. The molecule has 2 aromatic heterocycles. The first-order chi connectivity index (χ1) is 16.0. The van der Waals surface area contributed by atoms with E-state index in [4.69, 9.17) is 0 Å². The van der Waals surface area contributed by atoms with Crippen LogP contribution in [-0.4, -0.2) is 43.0 Å². The number of carbonyl (C=O) groups is 1. The predicted octanol–water partition coefficient (Wildman–Crippen LogP) is 2.48. The molecule has 10 heteroatoms. The van der Waals surface area contributed by atoms with Gasteiger partial charge in [-0.05, 0) is 79.7 Å². The van der Waals surface area contributed by atoms with Crippen LogP contribution in [0, 0.1) is 12.8 Å². The maximum atomic E-state index is 12.8. The van der Waals surface area contributed by atoms with Gasteiger partial charge in [0.1, 0.15) is 10.7 Å². The quantitative estimate of drug-likeness (QED) is 0.597. The average molecular weight is 467 g/mol. The Morgan fingerprint density at radius 3 is 2.85 bits per heavy atom. The van der Waals surface area contributed by atoms with E-state index in [0.717, 1.165) is 49.3 Å². The van der Waals surface area contributed by atoms with Gasteiger partial charge in [-0.15, -0.1) is 5.10 Å². The molecule has 5 rings (SSSR count). The lowest BCUT2D eigenvalue weighted by molar-refractivity contribution is 0.0665. The molecule has 1 aromatic carbocycles. The van der Waals surface area contributed by atoms with E-state index in [2.05, 4.69) is 32.0 Å². The van der Waals surface area contributed by atoms with E-state index in [9.17, 15) is 14.4 Å². The summed E-state index contributed by atoms with van der Waals surface area (Å²) < 4.78 is 5.08. The summed E-state index contributed by atoms with van der Waals surface area (Å²) in [5.74, 6) is 0.327. The number of benzene rings is 1. The summed E-state index contributed by atoms with van der Waals surface area (Å²) in [6, 6.07) is 7.58. The van der Waals surface area contributed by atoms with Gasteiger partial charge in [-0.2, -0.15) is 0 Å². The molecule has 1 unspecified atom stereocenters. The highest BCUT2D eigenvalue weighted by molar-refractivity contribution is 7.07. The maximum Gasteiger partial charge on any atom is 0.329 e. The number of carbonyl (C=O) groups excluding carboxylic acids is 1. The van der Waals surface area contributed by atoms with E-state index >= 15 is 0 Å². The highest BCUT2D eigenvalue weighted by atomic mass is 32.1. The zero-order chi connectivity index (χ0) is 22.9.